The van der Waals surface area contributed by atoms with E-state index in [1.165, 1.54) is 10.5 Å². The zero-order chi connectivity index (χ0) is 15.0. The Morgan fingerprint density at radius 2 is 2.14 bits per heavy atom. The first-order chi connectivity index (χ1) is 10.1. The predicted molar refractivity (Wildman–Crippen MR) is 84.7 cm³/mol. The van der Waals surface area contributed by atoms with Gasteiger partial charge in [-0.1, -0.05) is 18.2 Å². The molecule has 1 aromatic carbocycles. The van der Waals surface area contributed by atoms with Crippen molar-refractivity contribution < 1.29 is 4.79 Å². The molecule has 0 radical (unpaired) electrons. The van der Waals surface area contributed by atoms with Gasteiger partial charge in [-0.3, -0.25) is 9.48 Å². The minimum absolute atomic E-state index is 0.0233. The highest BCUT2D eigenvalue weighted by atomic mass is 32.2. The quantitative estimate of drug-likeness (QED) is 0.927. The first kappa shape index (κ1) is 14.2. The number of thioether (sulfide) groups is 1. The van der Waals surface area contributed by atoms with Crippen LogP contribution < -0.4 is 5.32 Å². The van der Waals surface area contributed by atoms with Gasteiger partial charge in [0.15, 0.2) is 0 Å². The monoisotopic (exact) mass is 301 g/mol. The normalized spacial score (nSPS) is 17.4. The van der Waals surface area contributed by atoms with Gasteiger partial charge in [0.05, 0.1) is 17.3 Å². The summed E-state index contributed by atoms with van der Waals surface area (Å²) < 4.78 is 1.76. The molecule has 1 aliphatic heterocycles. The smallest absolute Gasteiger partial charge is 0.255 e. The number of nitrogens with one attached hydrogen (secondary N) is 1. The fourth-order valence-electron chi connectivity index (χ4n) is 2.82. The summed E-state index contributed by atoms with van der Waals surface area (Å²) in [7, 11) is 1.87. The standard InChI is InChI=1S/C16H19N3OS/c1-10-15(11(2)19(3)18-10)16(20)17-13-8-9-21-14-7-5-4-6-12(13)14/h4-7,13H,8-9H2,1-3H3,(H,17,20). The number of carbonyl (C=O) groups is 1. The summed E-state index contributed by atoms with van der Waals surface area (Å²) in [6, 6.07) is 8.40. The van der Waals surface area contributed by atoms with Gasteiger partial charge >= 0.3 is 0 Å². The topological polar surface area (TPSA) is 46.9 Å². The highest BCUT2D eigenvalue weighted by molar-refractivity contribution is 7.99. The minimum atomic E-state index is -0.0233. The van der Waals surface area contributed by atoms with E-state index in [9.17, 15) is 4.79 Å². The lowest BCUT2D eigenvalue weighted by Gasteiger charge is -2.25. The van der Waals surface area contributed by atoms with Crippen molar-refractivity contribution in [2.45, 2.75) is 31.2 Å². The molecule has 1 amide bonds. The summed E-state index contributed by atoms with van der Waals surface area (Å²) in [6.07, 6.45) is 0.964. The Morgan fingerprint density at radius 1 is 1.38 bits per heavy atom. The molecule has 1 aliphatic rings. The Labute approximate surface area is 128 Å². The molecule has 4 nitrogen and oxygen atoms in total. The summed E-state index contributed by atoms with van der Waals surface area (Å²) in [5, 5.41) is 7.50. The number of carbonyl (C=O) groups excluding carboxylic acids is 1. The van der Waals surface area contributed by atoms with Crippen molar-refractivity contribution in [1.29, 1.82) is 0 Å². The average molecular weight is 301 g/mol. The van der Waals surface area contributed by atoms with E-state index >= 15 is 0 Å². The van der Waals surface area contributed by atoms with Gasteiger partial charge < -0.3 is 5.32 Å². The van der Waals surface area contributed by atoms with E-state index in [0.717, 1.165) is 23.6 Å². The van der Waals surface area contributed by atoms with Crippen LogP contribution in [0.25, 0.3) is 0 Å². The van der Waals surface area contributed by atoms with Gasteiger partial charge in [-0.2, -0.15) is 5.10 Å². The van der Waals surface area contributed by atoms with Gasteiger partial charge in [-0.15, -0.1) is 11.8 Å². The Balaban J connectivity index is 1.86. The number of amides is 1. The molecular formula is C16H19N3OS. The number of benzene rings is 1. The second kappa shape index (κ2) is 5.56. The van der Waals surface area contributed by atoms with E-state index in [1.807, 2.05) is 44.8 Å². The molecular weight excluding hydrogens is 282 g/mol. The summed E-state index contributed by atoms with van der Waals surface area (Å²) in [5.41, 5.74) is 3.61. The van der Waals surface area contributed by atoms with Gasteiger partial charge in [0.1, 0.15) is 0 Å². The van der Waals surface area contributed by atoms with E-state index in [-0.39, 0.29) is 11.9 Å². The lowest BCUT2D eigenvalue weighted by molar-refractivity contribution is 0.0933. The maximum Gasteiger partial charge on any atom is 0.255 e. The Bertz CT molecular complexity index is 693. The van der Waals surface area contributed by atoms with Crippen LogP contribution in [0.4, 0.5) is 0 Å². The Morgan fingerprint density at radius 3 is 2.86 bits per heavy atom. The van der Waals surface area contributed by atoms with Gasteiger partial charge in [0.25, 0.3) is 5.91 Å². The molecule has 1 unspecified atom stereocenters. The maximum absolute atomic E-state index is 12.6. The van der Waals surface area contributed by atoms with Crippen molar-refractivity contribution in [1.82, 2.24) is 15.1 Å². The molecule has 2 heterocycles. The second-order valence-corrected chi connectivity index (χ2v) is 6.51. The molecule has 110 valence electrons. The van der Waals surface area contributed by atoms with Gasteiger partial charge in [-0.05, 0) is 31.9 Å². The van der Waals surface area contributed by atoms with E-state index in [1.54, 1.807) is 4.68 Å². The van der Waals surface area contributed by atoms with Gasteiger partial charge in [0.2, 0.25) is 0 Å². The molecule has 0 saturated carbocycles. The summed E-state index contributed by atoms with van der Waals surface area (Å²) in [6.45, 7) is 3.81. The van der Waals surface area contributed by atoms with Crippen molar-refractivity contribution in [3.05, 3.63) is 46.8 Å². The third kappa shape index (κ3) is 2.58. The van der Waals surface area contributed by atoms with Crippen molar-refractivity contribution in [2.75, 3.05) is 5.75 Å². The van der Waals surface area contributed by atoms with Crippen LogP contribution >= 0.6 is 11.8 Å². The van der Waals surface area contributed by atoms with E-state index < -0.39 is 0 Å². The largest absolute Gasteiger partial charge is 0.345 e. The molecule has 1 atom stereocenters. The number of nitrogens with zero attached hydrogens (tertiary/aromatic N) is 2. The molecule has 0 bridgehead atoms. The zero-order valence-electron chi connectivity index (χ0n) is 12.5. The maximum atomic E-state index is 12.6. The van der Waals surface area contributed by atoms with Gasteiger partial charge in [-0.25, -0.2) is 0 Å². The number of aromatic nitrogens is 2. The molecule has 21 heavy (non-hydrogen) atoms. The molecule has 1 aromatic heterocycles. The molecule has 5 heteroatoms. The van der Waals surface area contributed by atoms with Crippen LogP contribution in [-0.2, 0) is 7.05 Å². The van der Waals surface area contributed by atoms with Crippen LogP contribution in [0.3, 0.4) is 0 Å². The van der Waals surface area contributed by atoms with Crippen LogP contribution in [0.5, 0.6) is 0 Å². The summed E-state index contributed by atoms with van der Waals surface area (Å²) in [4.78, 5) is 13.9. The summed E-state index contributed by atoms with van der Waals surface area (Å²) in [5.74, 6) is 1.01. The third-order valence-corrected chi connectivity index (χ3v) is 5.12. The highest BCUT2D eigenvalue weighted by Crippen LogP contribution is 2.36. The molecule has 3 rings (SSSR count). The predicted octanol–water partition coefficient (Wildman–Crippen LogP) is 3.00. The zero-order valence-corrected chi connectivity index (χ0v) is 13.3. The van der Waals surface area contributed by atoms with Crippen molar-refractivity contribution >= 4 is 17.7 Å². The SMILES string of the molecule is Cc1nn(C)c(C)c1C(=O)NC1CCSc2ccccc21. The average Bonchev–Trinajstić information content (AvgIpc) is 2.72. The van der Waals surface area contributed by atoms with E-state index in [2.05, 4.69) is 22.5 Å². The highest BCUT2D eigenvalue weighted by Gasteiger charge is 2.25. The van der Waals surface area contributed by atoms with Crippen molar-refractivity contribution in [2.24, 2.45) is 7.05 Å². The molecule has 0 saturated heterocycles. The van der Waals surface area contributed by atoms with E-state index in [4.69, 9.17) is 0 Å². The van der Waals surface area contributed by atoms with Crippen LogP contribution in [0.15, 0.2) is 29.2 Å². The first-order valence-corrected chi connectivity index (χ1v) is 8.09. The Hall–Kier alpha value is -1.75. The summed E-state index contributed by atoms with van der Waals surface area (Å²) >= 11 is 1.86. The number of hydrogen-bond acceptors (Lipinski definition) is 3. The number of rotatable bonds is 2. The minimum Gasteiger partial charge on any atom is -0.345 e. The van der Waals surface area contributed by atoms with E-state index in [0.29, 0.717) is 5.56 Å². The van der Waals surface area contributed by atoms with Crippen molar-refractivity contribution in [3.8, 4) is 0 Å². The number of hydrogen-bond donors (Lipinski definition) is 1. The van der Waals surface area contributed by atoms with Crippen molar-refractivity contribution in [3.63, 3.8) is 0 Å². The third-order valence-electron chi connectivity index (χ3n) is 4.00. The van der Waals surface area contributed by atoms with Crippen LogP contribution in [0.2, 0.25) is 0 Å². The number of fused-ring (bicyclic) bond motifs is 1. The second-order valence-electron chi connectivity index (χ2n) is 5.37. The van der Waals surface area contributed by atoms with Crippen LogP contribution in [0, 0.1) is 13.8 Å². The Kier molecular flexibility index (Phi) is 3.76. The molecule has 0 spiro atoms. The fourth-order valence-corrected chi connectivity index (χ4v) is 3.95. The van der Waals surface area contributed by atoms with Gasteiger partial charge in [0, 0.05) is 23.4 Å². The number of aryl methyl sites for hydroxylation is 2. The lowest BCUT2D eigenvalue weighted by Crippen LogP contribution is -2.31. The molecule has 2 aromatic rings. The first-order valence-electron chi connectivity index (χ1n) is 7.10. The fraction of sp³-hybridized carbons (Fsp3) is 0.375. The molecule has 1 N–H and O–H groups in total. The van der Waals surface area contributed by atoms with Crippen LogP contribution in [0.1, 0.15) is 39.8 Å². The lowest BCUT2D eigenvalue weighted by atomic mass is 10.0. The molecule has 0 aliphatic carbocycles. The van der Waals surface area contributed by atoms with Crippen LogP contribution in [-0.4, -0.2) is 21.4 Å². The molecule has 0 fully saturated rings.